The first kappa shape index (κ1) is 16.8. The minimum atomic E-state index is -0.899. The van der Waals surface area contributed by atoms with Crippen LogP contribution < -0.4 is 5.32 Å². The maximum atomic E-state index is 13.7. The van der Waals surface area contributed by atoms with Crippen LogP contribution in [0.25, 0.3) is 0 Å². The van der Waals surface area contributed by atoms with Gasteiger partial charge >= 0.3 is 0 Å². The van der Waals surface area contributed by atoms with Gasteiger partial charge in [0.2, 0.25) is 5.91 Å². The summed E-state index contributed by atoms with van der Waals surface area (Å²) in [5.41, 5.74) is 0.169. The van der Waals surface area contributed by atoms with Crippen molar-refractivity contribution in [2.45, 2.75) is 32.2 Å². The first-order valence-electron chi connectivity index (χ1n) is 7.53. The van der Waals surface area contributed by atoms with Gasteiger partial charge < -0.3 is 10.2 Å². The summed E-state index contributed by atoms with van der Waals surface area (Å²) in [5, 5.41) is 4.62. The molecule has 1 aliphatic rings. The van der Waals surface area contributed by atoms with Gasteiger partial charge in [-0.05, 0) is 31.7 Å². The van der Waals surface area contributed by atoms with Crippen molar-refractivity contribution in [3.05, 3.63) is 35.4 Å². The summed E-state index contributed by atoms with van der Waals surface area (Å²) in [6, 6.07) is 3.44. The lowest BCUT2D eigenvalue weighted by Gasteiger charge is -2.29. The second-order valence-electron chi connectivity index (χ2n) is 5.69. The van der Waals surface area contributed by atoms with Gasteiger partial charge in [0.1, 0.15) is 0 Å². The van der Waals surface area contributed by atoms with Crippen LogP contribution in [-0.4, -0.2) is 31.2 Å². The Kier molecular flexibility index (Phi) is 5.85. The first-order valence-corrected chi connectivity index (χ1v) is 7.53. The highest BCUT2D eigenvalue weighted by Crippen LogP contribution is 2.22. The van der Waals surface area contributed by atoms with E-state index in [1.54, 1.807) is 14.0 Å². The Morgan fingerprint density at radius 2 is 2.09 bits per heavy atom. The Hall–Kier alpha value is -1.53. The maximum absolute atomic E-state index is 13.7. The summed E-state index contributed by atoms with van der Waals surface area (Å²) in [4.78, 5) is 17.2. The van der Waals surface area contributed by atoms with Gasteiger partial charge in [-0.1, -0.05) is 12.1 Å². The van der Waals surface area contributed by atoms with E-state index in [0.717, 1.165) is 32.0 Å². The minimum absolute atomic E-state index is 0.132. The van der Waals surface area contributed by atoms with Crippen molar-refractivity contribution in [2.24, 2.45) is 5.92 Å². The number of benzene rings is 1. The van der Waals surface area contributed by atoms with Gasteiger partial charge in [-0.25, -0.2) is 8.78 Å². The Morgan fingerprint density at radius 3 is 2.73 bits per heavy atom. The van der Waals surface area contributed by atoms with E-state index >= 15 is 0 Å². The van der Waals surface area contributed by atoms with E-state index in [-0.39, 0.29) is 11.5 Å². The predicted molar refractivity (Wildman–Crippen MR) is 78.8 cm³/mol. The van der Waals surface area contributed by atoms with Crippen LogP contribution in [0.3, 0.4) is 0 Å². The van der Waals surface area contributed by atoms with E-state index < -0.39 is 17.7 Å². The number of nitrogens with zero attached hydrogens (tertiary/aromatic N) is 1. The number of hydroxylamine groups is 2. The summed E-state index contributed by atoms with van der Waals surface area (Å²) < 4.78 is 26.9. The Bertz CT molecular complexity index is 517. The van der Waals surface area contributed by atoms with Crippen LogP contribution in [-0.2, 0) is 9.63 Å². The molecule has 1 aliphatic heterocycles. The highest BCUT2D eigenvalue weighted by atomic mass is 19.2. The molecule has 4 nitrogen and oxygen atoms in total. The van der Waals surface area contributed by atoms with Gasteiger partial charge in [0.05, 0.1) is 13.2 Å². The molecule has 0 saturated carbocycles. The minimum Gasteiger partial charge on any atom is -0.349 e. The van der Waals surface area contributed by atoms with Crippen LogP contribution in [0.5, 0.6) is 0 Å². The molecule has 122 valence electrons. The molecule has 1 aromatic rings. The average Bonchev–Trinajstić information content (AvgIpc) is 2.50. The van der Waals surface area contributed by atoms with Gasteiger partial charge in [0, 0.05) is 25.1 Å². The topological polar surface area (TPSA) is 41.6 Å². The normalized spacial score (nSPS) is 18.2. The lowest BCUT2D eigenvalue weighted by Crippen LogP contribution is -2.35. The molecule has 6 heteroatoms. The second-order valence-corrected chi connectivity index (χ2v) is 5.69. The fourth-order valence-corrected chi connectivity index (χ4v) is 2.79. The van der Waals surface area contributed by atoms with Gasteiger partial charge in [-0.15, -0.1) is 0 Å². The molecule has 1 heterocycles. The van der Waals surface area contributed by atoms with Gasteiger partial charge in [-0.2, -0.15) is 5.06 Å². The quantitative estimate of drug-likeness (QED) is 0.909. The number of carbonyl (C=O) groups is 1. The van der Waals surface area contributed by atoms with Crippen molar-refractivity contribution in [1.29, 1.82) is 0 Å². The highest BCUT2D eigenvalue weighted by Gasteiger charge is 2.23. The highest BCUT2D eigenvalue weighted by molar-refractivity contribution is 5.76. The summed E-state index contributed by atoms with van der Waals surface area (Å²) >= 11 is 0. The molecular weight excluding hydrogens is 290 g/mol. The lowest BCUT2D eigenvalue weighted by atomic mass is 9.94. The van der Waals surface area contributed by atoms with E-state index in [1.807, 2.05) is 5.06 Å². The average molecular weight is 312 g/mol. The zero-order valence-electron chi connectivity index (χ0n) is 12.9. The van der Waals surface area contributed by atoms with Crippen LogP contribution in [0.4, 0.5) is 8.78 Å². The molecule has 1 aromatic carbocycles. The third-order valence-corrected chi connectivity index (χ3v) is 4.13. The largest absolute Gasteiger partial charge is 0.349 e. The summed E-state index contributed by atoms with van der Waals surface area (Å²) in [7, 11) is 1.64. The fourth-order valence-electron chi connectivity index (χ4n) is 2.79. The number of carbonyl (C=O) groups excluding carboxylic acids is 1. The van der Waals surface area contributed by atoms with Crippen LogP contribution >= 0.6 is 0 Å². The number of rotatable bonds is 5. The number of hydrogen-bond acceptors (Lipinski definition) is 3. The number of piperidine rings is 1. The van der Waals surface area contributed by atoms with Crippen molar-refractivity contribution < 1.29 is 18.4 Å². The third kappa shape index (κ3) is 4.24. The molecule has 0 bridgehead atoms. The molecule has 2 rings (SSSR count). The molecule has 1 unspecified atom stereocenters. The third-order valence-electron chi connectivity index (χ3n) is 4.13. The van der Waals surface area contributed by atoms with Crippen LogP contribution in [0.2, 0.25) is 0 Å². The Balaban J connectivity index is 1.85. The van der Waals surface area contributed by atoms with Crippen molar-refractivity contribution in [1.82, 2.24) is 10.4 Å². The number of amides is 1. The van der Waals surface area contributed by atoms with E-state index in [2.05, 4.69) is 5.32 Å². The lowest BCUT2D eigenvalue weighted by molar-refractivity contribution is -0.150. The first-order chi connectivity index (χ1) is 10.5. The van der Waals surface area contributed by atoms with E-state index in [0.29, 0.717) is 12.3 Å². The zero-order valence-corrected chi connectivity index (χ0v) is 12.9. The fraction of sp³-hybridized carbons (Fsp3) is 0.562. The number of nitrogens with one attached hydrogen (secondary N) is 1. The standard InChI is InChI=1S/C16H22F2N2O2/c1-11(13-4-3-5-14(17)16(13)18)19-15(21)10-12-6-8-20(22-2)9-7-12/h3-5,11-12H,6-10H2,1-2H3,(H,19,21). The van der Waals surface area contributed by atoms with Crippen molar-refractivity contribution in [3.8, 4) is 0 Å². The predicted octanol–water partition coefficient (Wildman–Crippen LogP) is 2.81. The molecule has 1 amide bonds. The van der Waals surface area contributed by atoms with E-state index in [4.69, 9.17) is 4.84 Å². The van der Waals surface area contributed by atoms with E-state index in [9.17, 15) is 13.6 Å². The van der Waals surface area contributed by atoms with Gasteiger partial charge in [0.15, 0.2) is 11.6 Å². The summed E-state index contributed by atoms with van der Waals surface area (Å²) in [6.07, 6.45) is 2.19. The SMILES string of the molecule is CON1CCC(CC(=O)NC(C)c2cccc(F)c2F)CC1. The molecular formula is C16H22F2N2O2. The second kappa shape index (κ2) is 7.65. The monoisotopic (exact) mass is 312 g/mol. The van der Waals surface area contributed by atoms with E-state index in [1.165, 1.54) is 12.1 Å². The number of hydrogen-bond donors (Lipinski definition) is 1. The van der Waals surface area contributed by atoms with Crippen molar-refractivity contribution in [2.75, 3.05) is 20.2 Å². The Morgan fingerprint density at radius 1 is 1.41 bits per heavy atom. The maximum Gasteiger partial charge on any atom is 0.220 e. The molecule has 1 atom stereocenters. The van der Waals surface area contributed by atoms with Crippen LogP contribution in [0.15, 0.2) is 18.2 Å². The number of halogens is 2. The van der Waals surface area contributed by atoms with Gasteiger partial charge in [-0.3, -0.25) is 4.79 Å². The van der Waals surface area contributed by atoms with Crippen molar-refractivity contribution >= 4 is 5.91 Å². The molecule has 0 aromatic heterocycles. The summed E-state index contributed by atoms with van der Waals surface area (Å²) in [5.74, 6) is -1.63. The molecule has 1 fully saturated rings. The molecule has 0 aliphatic carbocycles. The molecule has 22 heavy (non-hydrogen) atoms. The van der Waals surface area contributed by atoms with Crippen LogP contribution in [0.1, 0.15) is 37.8 Å². The zero-order chi connectivity index (χ0) is 16.1. The Labute approximate surface area is 129 Å². The summed E-state index contributed by atoms with van der Waals surface area (Å²) in [6.45, 7) is 3.27. The molecule has 0 spiro atoms. The smallest absolute Gasteiger partial charge is 0.220 e. The van der Waals surface area contributed by atoms with Gasteiger partial charge in [0.25, 0.3) is 0 Å². The van der Waals surface area contributed by atoms with Crippen LogP contribution in [0, 0.1) is 17.6 Å². The molecule has 1 N–H and O–H groups in total. The molecule has 0 radical (unpaired) electrons. The molecule has 1 saturated heterocycles. The van der Waals surface area contributed by atoms with Crippen molar-refractivity contribution in [3.63, 3.8) is 0 Å².